The van der Waals surface area contributed by atoms with Crippen molar-refractivity contribution >= 4 is 40.7 Å². The van der Waals surface area contributed by atoms with Gasteiger partial charge in [0, 0.05) is 43.5 Å². The largest absolute Gasteiger partial charge is 0.331 e. The van der Waals surface area contributed by atoms with E-state index in [1.165, 1.54) is 4.90 Å². The average molecular weight is 382 g/mol. The maximum atomic E-state index is 12.6. The zero-order valence-corrected chi connectivity index (χ0v) is 15.0. The van der Waals surface area contributed by atoms with Crippen LogP contribution in [0.1, 0.15) is 21.7 Å². The van der Waals surface area contributed by atoms with Crippen LogP contribution in [-0.2, 0) is 17.8 Å². The number of nitrogens with zero attached hydrogens (tertiary/aromatic N) is 2. The molecule has 25 heavy (non-hydrogen) atoms. The molecule has 3 rings (SSSR count). The Labute approximate surface area is 154 Å². The summed E-state index contributed by atoms with van der Waals surface area (Å²) in [5.41, 5.74) is 2.71. The smallest absolute Gasteiger partial charge is 0.274 e. The molecule has 1 aliphatic heterocycles. The zero-order chi connectivity index (χ0) is 18.0. The molecule has 2 amide bonds. The van der Waals surface area contributed by atoms with Crippen LogP contribution in [-0.4, -0.2) is 47.0 Å². The number of anilines is 1. The van der Waals surface area contributed by atoms with Crippen molar-refractivity contribution in [1.82, 2.24) is 20.4 Å². The van der Waals surface area contributed by atoms with Crippen molar-refractivity contribution in [2.75, 3.05) is 25.5 Å². The number of fused-ring (bicyclic) bond motifs is 1. The number of rotatable bonds is 4. The molecule has 0 fully saturated rings. The van der Waals surface area contributed by atoms with Gasteiger partial charge in [-0.25, -0.2) is 0 Å². The van der Waals surface area contributed by atoms with Gasteiger partial charge in [0.05, 0.1) is 16.6 Å². The van der Waals surface area contributed by atoms with Gasteiger partial charge in [0.1, 0.15) is 0 Å². The van der Waals surface area contributed by atoms with Crippen molar-refractivity contribution in [2.45, 2.75) is 13.0 Å². The fourth-order valence-corrected chi connectivity index (χ4v) is 2.94. The topological polar surface area (TPSA) is 90.1 Å². The van der Waals surface area contributed by atoms with Crippen LogP contribution in [0, 0.1) is 0 Å². The summed E-state index contributed by atoms with van der Waals surface area (Å²) in [4.78, 5) is 26.1. The van der Waals surface area contributed by atoms with Gasteiger partial charge in [-0.1, -0.05) is 23.2 Å². The predicted molar refractivity (Wildman–Crippen MR) is 96.1 cm³/mol. The Bertz CT molecular complexity index is 821. The summed E-state index contributed by atoms with van der Waals surface area (Å²) in [5, 5.41) is 13.7. The molecule has 2 aromatic rings. The maximum absolute atomic E-state index is 12.6. The average Bonchev–Trinajstić information content (AvgIpc) is 3.01. The highest BCUT2D eigenvalue weighted by molar-refractivity contribution is 6.42. The highest BCUT2D eigenvalue weighted by Crippen LogP contribution is 2.25. The lowest BCUT2D eigenvalue weighted by molar-refractivity contribution is -0.116. The van der Waals surface area contributed by atoms with Gasteiger partial charge in [-0.15, -0.1) is 0 Å². The summed E-state index contributed by atoms with van der Waals surface area (Å²) in [5.74, 6) is -0.637. The molecule has 0 atom stereocenters. The number of H-pyrrole nitrogens is 1. The normalized spacial score (nSPS) is 13.2. The number of hydrogen-bond acceptors (Lipinski definition) is 4. The van der Waals surface area contributed by atoms with Gasteiger partial charge >= 0.3 is 0 Å². The highest BCUT2D eigenvalue weighted by atomic mass is 35.5. The number of benzene rings is 1. The van der Waals surface area contributed by atoms with E-state index in [0.717, 1.165) is 24.2 Å². The molecule has 0 radical (unpaired) electrons. The lowest BCUT2D eigenvalue weighted by atomic mass is 10.1. The van der Waals surface area contributed by atoms with Crippen LogP contribution >= 0.6 is 23.2 Å². The molecule has 0 spiro atoms. The molecule has 0 bridgehead atoms. The second-order valence-electron chi connectivity index (χ2n) is 5.79. The summed E-state index contributed by atoms with van der Waals surface area (Å²) in [6, 6.07) is 4.79. The molecule has 3 N–H and O–H groups in total. The molecule has 0 aliphatic carbocycles. The number of aromatic nitrogens is 2. The second-order valence-corrected chi connectivity index (χ2v) is 6.61. The number of carbonyl (C=O) groups excluding carboxylic acids is 2. The first-order valence-corrected chi connectivity index (χ1v) is 8.48. The molecule has 1 aromatic carbocycles. The standard InChI is InChI=1S/C16H17Cl2N5O2/c1-23(8-14(24)20-9-2-3-11(17)12(18)6-9)16(25)15-10-7-19-5-4-13(10)21-22-15/h2-3,6,19H,4-5,7-8H2,1H3,(H,20,24)(H,21,22). The van der Waals surface area contributed by atoms with E-state index < -0.39 is 0 Å². The Kier molecular flexibility index (Phi) is 5.27. The number of carbonyl (C=O) groups is 2. The number of halogens is 2. The first-order chi connectivity index (χ1) is 12.0. The van der Waals surface area contributed by atoms with Crippen molar-refractivity contribution in [2.24, 2.45) is 0 Å². The maximum Gasteiger partial charge on any atom is 0.274 e. The van der Waals surface area contributed by atoms with Gasteiger partial charge in [-0.05, 0) is 18.2 Å². The van der Waals surface area contributed by atoms with Crippen LogP contribution < -0.4 is 10.6 Å². The molecular formula is C16H17Cl2N5O2. The zero-order valence-electron chi connectivity index (χ0n) is 13.5. The van der Waals surface area contributed by atoms with Gasteiger partial charge in [-0.3, -0.25) is 14.7 Å². The first-order valence-electron chi connectivity index (χ1n) is 7.73. The molecule has 2 heterocycles. The van der Waals surface area contributed by atoms with Crippen LogP contribution in [0.2, 0.25) is 10.0 Å². The number of likely N-dealkylation sites (N-methyl/N-ethyl adjacent to an activating group) is 1. The molecule has 132 valence electrons. The van der Waals surface area contributed by atoms with E-state index in [-0.39, 0.29) is 18.4 Å². The molecule has 0 saturated heterocycles. The quantitative estimate of drug-likeness (QED) is 0.755. The van der Waals surface area contributed by atoms with Gasteiger partial charge in [-0.2, -0.15) is 5.10 Å². The van der Waals surface area contributed by atoms with Crippen LogP contribution in [0.15, 0.2) is 18.2 Å². The second kappa shape index (κ2) is 7.43. The molecule has 1 aromatic heterocycles. The van der Waals surface area contributed by atoms with Crippen LogP contribution in [0.3, 0.4) is 0 Å². The third-order valence-corrected chi connectivity index (χ3v) is 4.68. The van der Waals surface area contributed by atoms with Crippen molar-refractivity contribution < 1.29 is 9.59 Å². The fourth-order valence-electron chi connectivity index (χ4n) is 2.64. The van der Waals surface area contributed by atoms with E-state index in [0.29, 0.717) is 28.0 Å². The van der Waals surface area contributed by atoms with Gasteiger partial charge in [0.15, 0.2) is 5.69 Å². The monoisotopic (exact) mass is 381 g/mol. The summed E-state index contributed by atoms with van der Waals surface area (Å²) < 4.78 is 0. The lowest BCUT2D eigenvalue weighted by Gasteiger charge is -2.18. The Morgan fingerprint density at radius 2 is 2.12 bits per heavy atom. The minimum Gasteiger partial charge on any atom is -0.331 e. The van der Waals surface area contributed by atoms with Crippen LogP contribution in [0.5, 0.6) is 0 Å². The van der Waals surface area contributed by atoms with E-state index >= 15 is 0 Å². The summed E-state index contributed by atoms with van der Waals surface area (Å²) in [6.07, 6.45) is 0.803. The van der Waals surface area contributed by atoms with Gasteiger partial charge in [0.25, 0.3) is 5.91 Å². The number of nitrogens with one attached hydrogen (secondary N) is 3. The number of amides is 2. The molecule has 7 nitrogen and oxygen atoms in total. The number of aromatic amines is 1. The van der Waals surface area contributed by atoms with E-state index in [4.69, 9.17) is 23.2 Å². The highest BCUT2D eigenvalue weighted by Gasteiger charge is 2.24. The lowest BCUT2D eigenvalue weighted by Crippen LogP contribution is -2.36. The minimum absolute atomic E-state index is 0.103. The third kappa shape index (κ3) is 3.95. The third-order valence-electron chi connectivity index (χ3n) is 3.94. The van der Waals surface area contributed by atoms with E-state index in [9.17, 15) is 9.59 Å². The SMILES string of the molecule is CN(CC(=O)Nc1ccc(Cl)c(Cl)c1)C(=O)c1n[nH]c2c1CNCC2. The van der Waals surface area contributed by atoms with Crippen molar-refractivity contribution in [3.63, 3.8) is 0 Å². The summed E-state index contributed by atoms with van der Waals surface area (Å²) in [7, 11) is 1.56. The molecular weight excluding hydrogens is 365 g/mol. The van der Waals surface area contributed by atoms with Crippen molar-refractivity contribution in [3.05, 3.63) is 45.2 Å². The van der Waals surface area contributed by atoms with Crippen LogP contribution in [0.25, 0.3) is 0 Å². The molecule has 9 heteroatoms. The van der Waals surface area contributed by atoms with Gasteiger partial charge in [0.2, 0.25) is 5.91 Å². The molecule has 0 saturated carbocycles. The van der Waals surface area contributed by atoms with E-state index in [1.54, 1.807) is 25.2 Å². The van der Waals surface area contributed by atoms with Crippen LogP contribution in [0.4, 0.5) is 5.69 Å². The van der Waals surface area contributed by atoms with Crippen molar-refractivity contribution in [3.8, 4) is 0 Å². The molecule has 1 aliphatic rings. The number of hydrogen-bond donors (Lipinski definition) is 3. The van der Waals surface area contributed by atoms with E-state index in [2.05, 4.69) is 20.8 Å². The fraction of sp³-hybridized carbons (Fsp3) is 0.312. The van der Waals surface area contributed by atoms with Gasteiger partial charge < -0.3 is 15.5 Å². The Hall–Kier alpha value is -2.09. The van der Waals surface area contributed by atoms with Crippen molar-refractivity contribution in [1.29, 1.82) is 0 Å². The summed E-state index contributed by atoms with van der Waals surface area (Å²) >= 11 is 11.8. The Morgan fingerprint density at radius 1 is 1.32 bits per heavy atom. The molecule has 0 unspecified atom stereocenters. The minimum atomic E-state index is -0.336. The predicted octanol–water partition coefficient (Wildman–Crippen LogP) is 2.07. The summed E-state index contributed by atoms with van der Waals surface area (Å²) in [6.45, 7) is 1.34. The Morgan fingerprint density at radius 3 is 2.88 bits per heavy atom. The van der Waals surface area contributed by atoms with E-state index in [1.807, 2.05) is 0 Å². The first kappa shape index (κ1) is 17.7. The Balaban J connectivity index is 1.64.